The van der Waals surface area contributed by atoms with Crippen LogP contribution in [0.2, 0.25) is 0 Å². The van der Waals surface area contributed by atoms with Crippen LogP contribution in [0.25, 0.3) is 0 Å². The summed E-state index contributed by atoms with van der Waals surface area (Å²) in [5.74, 6) is -0.621. The summed E-state index contributed by atoms with van der Waals surface area (Å²) in [5, 5.41) is 10.5. The third-order valence-electron chi connectivity index (χ3n) is 5.40. The third kappa shape index (κ3) is 7.09. The Morgan fingerprint density at radius 1 is 1.31 bits per heavy atom. The number of aliphatic hydroxyl groups excluding tert-OH is 1. The predicted molar refractivity (Wildman–Crippen MR) is 126 cm³/mol. The fourth-order valence-electron chi connectivity index (χ4n) is 3.44. The van der Waals surface area contributed by atoms with Crippen LogP contribution >= 0.6 is 19.4 Å². The van der Waals surface area contributed by atoms with Crippen LogP contribution in [0.4, 0.5) is 10.2 Å². The molecular formula is C21H28ClFN3O9P. The molecule has 1 saturated heterocycles. The molecular weight excluding hydrogens is 524 g/mol. The van der Waals surface area contributed by atoms with Gasteiger partial charge in [0.2, 0.25) is 0 Å². The van der Waals surface area contributed by atoms with Crippen LogP contribution in [0.3, 0.4) is 0 Å². The third-order valence-corrected chi connectivity index (χ3v) is 6.78. The highest BCUT2D eigenvalue weighted by atomic mass is 35.5. The molecule has 12 nitrogen and oxygen atoms in total. The van der Waals surface area contributed by atoms with Crippen LogP contribution in [0.15, 0.2) is 47.4 Å². The van der Waals surface area contributed by atoms with Crippen molar-refractivity contribution >= 4 is 25.2 Å². The van der Waals surface area contributed by atoms with Gasteiger partial charge in [-0.05, 0) is 11.6 Å². The number of rotatable bonds is 13. The molecule has 2 aromatic rings. The number of benzene rings is 1. The number of anilines is 1. The molecule has 0 saturated carbocycles. The molecule has 1 aromatic heterocycles. The van der Waals surface area contributed by atoms with Gasteiger partial charge in [-0.2, -0.15) is 4.98 Å². The van der Waals surface area contributed by atoms with Gasteiger partial charge in [-0.3, -0.25) is 13.6 Å². The maximum atomic E-state index is 14.9. The summed E-state index contributed by atoms with van der Waals surface area (Å²) in [6.45, 7) is -0.912. The zero-order valence-electron chi connectivity index (χ0n) is 19.3. The number of alkyl halides is 2. The van der Waals surface area contributed by atoms with Crippen LogP contribution in [-0.4, -0.2) is 76.3 Å². The van der Waals surface area contributed by atoms with E-state index in [-0.39, 0.29) is 25.6 Å². The first-order valence-corrected chi connectivity index (χ1v) is 12.8. The molecule has 36 heavy (non-hydrogen) atoms. The largest absolute Gasteiger partial charge is 0.472 e. The van der Waals surface area contributed by atoms with Crippen molar-refractivity contribution in [1.82, 2.24) is 9.55 Å². The summed E-state index contributed by atoms with van der Waals surface area (Å²) in [4.78, 5) is 25.7. The zero-order valence-corrected chi connectivity index (χ0v) is 21.0. The SMILES string of the molecule is COC[C@@H](COP(=O)(O)OC[C@@]1(CCl)O[C@@H](n2ccc(N)nc2=O)[C@H](F)[C@@H]1O)OCc1ccccc1. The van der Waals surface area contributed by atoms with E-state index in [0.29, 0.717) is 0 Å². The summed E-state index contributed by atoms with van der Waals surface area (Å²) < 4.78 is 54.5. The van der Waals surface area contributed by atoms with E-state index in [1.807, 2.05) is 30.3 Å². The molecule has 3 rings (SSSR count). The second-order valence-corrected chi connectivity index (χ2v) is 9.77. The molecule has 0 bridgehead atoms. The quantitative estimate of drug-likeness (QED) is 0.243. The average molecular weight is 552 g/mol. The number of nitrogens with zero attached hydrogens (tertiary/aromatic N) is 2. The van der Waals surface area contributed by atoms with E-state index >= 15 is 0 Å². The highest BCUT2D eigenvalue weighted by Gasteiger charge is 2.57. The Kier molecular flexibility index (Phi) is 9.98. The van der Waals surface area contributed by atoms with E-state index in [0.717, 1.165) is 16.3 Å². The zero-order chi connectivity index (χ0) is 26.3. The van der Waals surface area contributed by atoms with Gasteiger partial charge in [0.15, 0.2) is 12.4 Å². The van der Waals surface area contributed by atoms with Gasteiger partial charge >= 0.3 is 13.5 Å². The van der Waals surface area contributed by atoms with Crippen molar-refractivity contribution in [3.8, 4) is 0 Å². The molecule has 4 N–H and O–H groups in total. The van der Waals surface area contributed by atoms with Crippen molar-refractivity contribution < 1.29 is 42.2 Å². The molecule has 1 aliphatic heterocycles. The lowest BCUT2D eigenvalue weighted by molar-refractivity contribution is -0.115. The molecule has 1 fully saturated rings. The summed E-state index contributed by atoms with van der Waals surface area (Å²) in [6.07, 6.45) is -5.23. The fraction of sp³-hybridized carbons (Fsp3) is 0.524. The van der Waals surface area contributed by atoms with E-state index in [4.69, 9.17) is 40.6 Å². The standard InChI is InChI=1S/C21H28ClFN3O9P/c1-31-10-15(32-9-14-5-3-2-4-6-14)11-33-36(29,30)34-13-21(12-22)18(27)17(23)19(35-21)26-8-7-16(24)25-20(26)28/h2-8,15,17-19,27H,9-13H2,1H3,(H,29,30)(H2,24,25,28)/t15-,17+,18-,19+,21+/m0/s1. The maximum Gasteiger partial charge on any atom is 0.472 e. The predicted octanol–water partition coefficient (Wildman–Crippen LogP) is 1.40. The van der Waals surface area contributed by atoms with E-state index in [1.54, 1.807) is 0 Å². The number of methoxy groups -OCH3 is 1. The summed E-state index contributed by atoms with van der Waals surface area (Å²) in [6, 6.07) is 10.5. The normalized spacial score (nSPS) is 26.5. The van der Waals surface area contributed by atoms with Gasteiger partial charge in [0.1, 0.15) is 23.6 Å². The molecule has 0 spiro atoms. The van der Waals surface area contributed by atoms with Crippen molar-refractivity contribution in [2.24, 2.45) is 0 Å². The highest BCUT2D eigenvalue weighted by Crippen LogP contribution is 2.47. The topological polar surface area (TPSA) is 165 Å². The molecule has 0 aliphatic carbocycles. The molecule has 1 aromatic carbocycles. The fourth-order valence-corrected chi connectivity index (χ4v) is 4.55. The number of phosphoric ester groups is 1. The molecule has 0 amide bonds. The van der Waals surface area contributed by atoms with Crippen LogP contribution in [0.5, 0.6) is 0 Å². The molecule has 0 radical (unpaired) electrons. The molecule has 1 aliphatic rings. The second-order valence-electron chi connectivity index (χ2n) is 8.05. The van der Waals surface area contributed by atoms with Crippen LogP contribution in [-0.2, 0) is 34.4 Å². The van der Waals surface area contributed by atoms with Crippen LogP contribution in [0, 0.1) is 0 Å². The molecule has 6 atom stereocenters. The lowest BCUT2D eigenvalue weighted by Crippen LogP contribution is -2.47. The number of hydrogen-bond acceptors (Lipinski definition) is 10. The van der Waals surface area contributed by atoms with Crippen molar-refractivity contribution in [3.05, 3.63) is 58.6 Å². The van der Waals surface area contributed by atoms with Crippen LogP contribution in [0.1, 0.15) is 11.8 Å². The number of ether oxygens (including phenoxy) is 3. The van der Waals surface area contributed by atoms with Crippen molar-refractivity contribution in [3.63, 3.8) is 0 Å². The highest BCUT2D eigenvalue weighted by molar-refractivity contribution is 7.47. The number of halogens is 2. The smallest absolute Gasteiger partial charge is 0.387 e. The number of phosphoric acid groups is 1. The number of aromatic nitrogens is 2. The second kappa shape index (κ2) is 12.5. The van der Waals surface area contributed by atoms with Crippen molar-refractivity contribution in [2.45, 2.75) is 36.8 Å². The number of hydrogen-bond donors (Lipinski definition) is 3. The number of aliphatic hydroxyl groups is 1. The molecule has 15 heteroatoms. The van der Waals surface area contributed by atoms with Gasteiger partial charge in [-0.25, -0.2) is 13.8 Å². The van der Waals surface area contributed by atoms with E-state index < -0.39 is 56.2 Å². The minimum absolute atomic E-state index is 0.0653. The summed E-state index contributed by atoms with van der Waals surface area (Å²) >= 11 is 5.94. The van der Waals surface area contributed by atoms with Gasteiger partial charge in [-0.1, -0.05) is 30.3 Å². The van der Waals surface area contributed by atoms with Gasteiger partial charge in [0.25, 0.3) is 0 Å². The maximum absolute atomic E-state index is 14.9. The Morgan fingerprint density at radius 3 is 2.67 bits per heavy atom. The van der Waals surface area contributed by atoms with Gasteiger partial charge < -0.3 is 29.9 Å². The first-order valence-electron chi connectivity index (χ1n) is 10.8. The van der Waals surface area contributed by atoms with E-state index in [1.165, 1.54) is 13.2 Å². The minimum atomic E-state index is -4.73. The van der Waals surface area contributed by atoms with Crippen molar-refractivity contribution in [2.75, 3.05) is 38.5 Å². The van der Waals surface area contributed by atoms with E-state index in [2.05, 4.69) is 4.98 Å². The Balaban J connectivity index is 1.61. The van der Waals surface area contributed by atoms with Gasteiger partial charge in [0, 0.05) is 13.3 Å². The Bertz CT molecular complexity index is 1100. The molecule has 2 heterocycles. The summed E-state index contributed by atoms with van der Waals surface area (Å²) in [5.41, 5.74) is 3.43. The Labute approximate surface area is 211 Å². The summed E-state index contributed by atoms with van der Waals surface area (Å²) in [7, 11) is -3.30. The van der Waals surface area contributed by atoms with Crippen LogP contribution < -0.4 is 11.4 Å². The monoisotopic (exact) mass is 551 g/mol. The molecule has 200 valence electrons. The Hall–Kier alpha value is -1.93. The lowest BCUT2D eigenvalue weighted by atomic mass is 9.99. The van der Waals surface area contributed by atoms with Crippen molar-refractivity contribution in [1.29, 1.82) is 0 Å². The first-order chi connectivity index (χ1) is 17.1. The Morgan fingerprint density at radius 2 is 2.03 bits per heavy atom. The van der Waals surface area contributed by atoms with E-state index in [9.17, 15) is 23.7 Å². The number of nitrogen functional groups attached to an aromatic ring is 1. The number of nitrogens with two attached hydrogens (primary N) is 1. The van der Waals surface area contributed by atoms with Gasteiger partial charge in [0.05, 0.1) is 32.3 Å². The van der Waals surface area contributed by atoms with Gasteiger partial charge in [-0.15, -0.1) is 11.6 Å². The first kappa shape index (κ1) is 28.6. The molecule has 1 unspecified atom stereocenters. The minimum Gasteiger partial charge on any atom is -0.387 e. The lowest BCUT2D eigenvalue weighted by Gasteiger charge is -2.30. The average Bonchev–Trinajstić information content (AvgIpc) is 3.11.